The Hall–Kier alpha value is -4.43. The molecule has 0 spiro atoms. The summed E-state index contributed by atoms with van der Waals surface area (Å²) in [6.07, 6.45) is 4.55. The predicted molar refractivity (Wildman–Crippen MR) is 158 cm³/mol. The minimum absolute atomic E-state index is 0.0115. The van der Waals surface area contributed by atoms with Crippen molar-refractivity contribution in [2.45, 2.75) is 13.3 Å². The van der Waals surface area contributed by atoms with Gasteiger partial charge in [0.1, 0.15) is 0 Å². The van der Waals surface area contributed by atoms with E-state index in [1.165, 1.54) is 4.90 Å². The number of halogens is 1. The van der Waals surface area contributed by atoms with E-state index in [0.29, 0.717) is 39.8 Å². The molecule has 2 amide bonds. The van der Waals surface area contributed by atoms with E-state index in [-0.39, 0.29) is 40.9 Å². The molecule has 1 fully saturated rings. The maximum atomic E-state index is 13.2. The molecule has 0 N–H and O–H groups in total. The van der Waals surface area contributed by atoms with E-state index in [0.717, 1.165) is 4.47 Å². The highest BCUT2D eigenvalue weighted by Gasteiger charge is 2.50. The number of Topliss-reactive ketones (excluding diaryl/α,β-unsaturated/α-hetero) is 1. The summed E-state index contributed by atoms with van der Waals surface area (Å²) in [6, 6.07) is 22.7. The number of anilines is 1. The Morgan fingerprint density at radius 1 is 0.976 bits per heavy atom. The third-order valence-corrected chi connectivity index (χ3v) is 8.21. The topological polar surface area (TPSA) is 93.6 Å². The van der Waals surface area contributed by atoms with Crippen LogP contribution in [0.4, 0.5) is 5.69 Å². The summed E-state index contributed by atoms with van der Waals surface area (Å²) in [6.45, 7) is 1.58. The third-order valence-electron chi connectivity index (χ3n) is 7.71. The number of nitrogens with zero attached hydrogens (tertiary/aromatic N) is 2. The van der Waals surface area contributed by atoms with Crippen LogP contribution in [-0.4, -0.2) is 35.2 Å². The number of ketones is 1. The maximum Gasteiger partial charge on any atom is 0.339 e. The highest BCUT2D eigenvalue weighted by Crippen LogP contribution is 2.40. The van der Waals surface area contributed by atoms with Gasteiger partial charge in [0.2, 0.25) is 11.8 Å². The number of hydrogen-bond donors (Lipinski definition) is 0. The quantitative estimate of drug-likeness (QED) is 0.109. The number of ether oxygens (including phenoxy) is 1. The summed E-state index contributed by atoms with van der Waals surface area (Å²) in [5, 5.41) is 0.579. The van der Waals surface area contributed by atoms with Crippen molar-refractivity contribution >= 4 is 56.1 Å². The van der Waals surface area contributed by atoms with E-state index in [2.05, 4.69) is 15.9 Å². The van der Waals surface area contributed by atoms with Gasteiger partial charge >= 0.3 is 5.97 Å². The fourth-order valence-electron chi connectivity index (χ4n) is 5.61. The van der Waals surface area contributed by atoms with Gasteiger partial charge in [0, 0.05) is 21.0 Å². The monoisotopic (exact) mass is 608 g/mol. The Bertz CT molecular complexity index is 1730. The molecule has 204 valence electrons. The summed E-state index contributed by atoms with van der Waals surface area (Å²) in [4.78, 5) is 58.1. The van der Waals surface area contributed by atoms with Gasteiger partial charge in [-0.2, -0.15) is 0 Å². The number of fused-ring (bicyclic) bond motifs is 2. The molecule has 1 saturated heterocycles. The molecule has 4 aromatic rings. The summed E-state index contributed by atoms with van der Waals surface area (Å²) in [5.41, 5.74) is 3.02. The van der Waals surface area contributed by atoms with Crippen LogP contribution in [0.1, 0.15) is 34.1 Å². The molecule has 0 radical (unpaired) electrons. The van der Waals surface area contributed by atoms with E-state index in [1.807, 2.05) is 31.2 Å². The number of esters is 1. The molecule has 1 aromatic heterocycles. The molecule has 41 heavy (non-hydrogen) atoms. The zero-order valence-electron chi connectivity index (χ0n) is 22.1. The predicted octanol–water partition coefficient (Wildman–Crippen LogP) is 6.41. The zero-order valence-corrected chi connectivity index (χ0v) is 23.7. The van der Waals surface area contributed by atoms with Crippen LogP contribution in [0.25, 0.3) is 22.2 Å². The molecule has 3 aromatic carbocycles. The lowest BCUT2D eigenvalue weighted by atomic mass is 9.78. The number of aromatic nitrogens is 1. The van der Waals surface area contributed by atoms with Crippen LogP contribution in [0, 0.1) is 17.8 Å². The second kappa shape index (κ2) is 10.9. The number of amides is 2. The first kappa shape index (κ1) is 26.8. The van der Waals surface area contributed by atoms with Gasteiger partial charge in [-0.1, -0.05) is 77.5 Å². The van der Waals surface area contributed by atoms with Crippen molar-refractivity contribution in [3.8, 4) is 11.3 Å². The molecule has 7 nitrogen and oxygen atoms in total. The lowest BCUT2D eigenvalue weighted by Gasteiger charge is -2.22. The average molecular weight is 609 g/mol. The lowest BCUT2D eigenvalue weighted by Crippen LogP contribution is -2.31. The van der Waals surface area contributed by atoms with E-state index < -0.39 is 12.6 Å². The van der Waals surface area contributed by atoms with E-state index in [9.17, 15) is 19.2 Å². The van der Waals surface area contributed by atoms with Gasteiger partial charge in [-0.15, -0.1) is 0 Å². The number of carbonyl (C=O) groups is 4. The van der Waals surface area contributed by atoms with Crippen molar-refractivity contribution in [2.24, 2.45) is 17.8 Å². The highest BCUT2D eigenvalue weighted by molar-refractivity contribution is 9.10. The molecule has 0 bridgehead atoms. The number of allylic oxidation sites excluding steroid dienone is 2. The largest absolute Gasteiger partial charge is 0.454 e. The van der Waals surface area contributed by atoms with Crippen LogP contribution in [-0.2, 0) is 14.3 Å². The molecule has 0 unspecified atom stereocenters. The van der Waals surface area contributed by atoms with Crippen LogP contribution in [0.2, 0.25) is 0 Å². The fraction of sp³-hybridized carbons (Fsp3) is 0.182. The lowest BCUT2D eigenvalue weighted by molar-refractivity contribution is -0.122. The number of pyridine rings is 1. The number of benzene rings is 3. The normalized spacial score (nSPS) is 19.9. The number of hydrogen-bond acceptors (Lipinski definition) is 6. The average Bonchev–Trinajstić information content (AvgIpc) is 3.25. The highest BCUT2D eigenvalue weighted by atomic mass is 79.9. The van der Waals surface area contributed by atoms with Crippen LogP contribution < -0.4 is 4.90 Å². The number of carbonyl (C=O) groups excluding carboxylic acids is 4. The second-order valence-corrected chi connectivity index (χ2v) is 11.2. The van der Waals surface area contributed by atoms with Gasteiger partial charge in [0.25, 0.3) is 0 Å². The molecule has 2 heterocycles. The van der Waals surface area contributed by atoms with E-state index >= 15 is 0 Å². The van der Waals surface area contributed by atoms with Gasteiger partial charge in [-0.05, 0) is 48.7 Å². The Balaban J connectivity index is 1.29. The zero-order chi connectivity index (χ0) is 28.7. The summed E-state index contributed by atoms with van der Waals surface area (Å²) in [7, 11) is 0. The van der Waals surface area contributed by atoms with Crippen LogP contribution in [0.5, 0.6) is 0 Å². The van der Waals surface area contributed by atoms with Crippen molar-refractivity contribution in [1.82, 2.24) is 4.98 Å². The van der Waals surface area contributed by atoms with E-state index in [1.54, 1.807) is 66.7 Å². The molecule has 1 aliphatic heterocycles. The first-order chi connectivity index (χ1) is 19.8. The van der Waals surface area contributed by atoms with Gasteiger partial charge < -0.3 is 4.74 Å². The molecular formula is C33H25BrN2O5. The molecule has 8 heteroatoms. The second-order valence-electron chi connectivity index (χ2n) is 10.3. The van der Waals surface area contributed by atoms with Crippen LogP contribution >= 0.6 is 15.9 Å². The van der Waals surface area contributed by atoms with Crippen molar-refractivity contribution in [3.05, 3.63) is 107 Å². The molecule has 2 aliphatic rings. The molecule has 0 saturated carbocycles. The fourth-order valence-corrected chi connectivity index (χ4v) is 5.98. The van der Waals surface area contributed by atoms with Crippen molar-refractivity contribution < 1.29 is 23.9 Å². The molecule has 1 aliphatic carbocycles. The standard InChI is InChI=1S/C33H25BrN2O5/c1-19-6-5-9-24-30(19)32(39)36(31(24)38)23-13-10-20(11-14-23)28-17-26(25-16-22(34)12-15-27(25)35-28)33(40)41-18-29(37)21-7-3-2-4-8-21/h2-8,10-17,19,24,30H,9,18H2,1H3/t19-,24+,30+/m0/s1. The Labute approximate surface area is 245 Å². The third kappa shape index (κ3) is 5.00. The minimum Gasteiger partial charge on any atom is -0.454 e. The smallest absolute Gasteiger partial charge is 0.339 e. The number of rotatable bonds is 6. The van der Waals surface area contributed by atoms with Gasteiger partial charge in [-0.25, -0.2) is 9.78 Å². The SMILES string of the molecule is C[C@H]1C=CC[C@H]2C(=O)N(c3ccc(-c4cc(C(=O)OCC(=O)c5ccccc5)c5cc(Br)ccc5n4)cc3)C(=O)[C@H]12. The summed E-state index contributed by atoms with van der Waals surface area (Å²) >= 11 is 3.45. The van der Waals surface area contributed by atoms with Gasteiger partial charge in [-0.3, -0.25) is 19.3 Å². The number of imide groups is 1. The maximum absolute atomic E-state index is 13.2. The Morgan fingerprint density at radius 3 is 2.46 bits per heavy atom. The Kier molecular flexibility index (Phi) is 7.09. The van der Waals surface area contributed by atoms with Gasteiger partial charge in [0.15, 0.2) is 12.4 Å². The Morgan fingerprint density at radius 2 is 1.73 bits per heavy atom. The minimum atomic E-state index is -0.642. The van der Waals surface area contributed by atoms with Gasteiger partial charge in [0.05, 0.1) is 34.3 Å². The van der Waals surface area contributed by atoms with Crippen molar-refractivity contribution in [3.63, 3.8) is 0 Å². The summed E-state index contributed by atoms with van der Waals surface area (Å²) < 4.78 is 6.20. The van der Waals surface area contributed by atoms with E-state index in [4.69, 9.17) is 9.72 Å². The van der Waals surface area contributed by atoms with Crippen molar-refractivity contribution in [1.29, 1.82) is 0 Å². The molecule has 3 atom stereocenters. The van der Waals surface area contributed by atoms with Crippen LogP contribution in [0.15, 0.2) is 95.5 Å². The molecule has 6 rings (SSSR count). The first-order valence-electron chi connectivity index (χ1n) is 13.3. The van der Waals surface area contributed by atoms with Crippen molar-refractivity contribution in [2.75, 3.05) is 11.5 Å². The summed E-state index contributed by atoms with van der Waals surface area (Å²) in [5.74, 6) is -1.94. The first-order valence-corrected chi connectivity index (χ1v) is 14.1. The molecular weight excluding hydrogens is 584 g/mol. The van der Waals surface area contributed by atoms with Crippen LogP contribution in [0.3, 0.4) is 0 Å².